The molecule has 2 aromatic heterocycles. The van der Waals surface area contributed by atoms with E-state index in [4.69, 9.17) is 5.11 Å². The minimum absolute atomic E-state index is 0.0725. The van der Waals surface area contributed by atoms with E-state index in [0.29, 0.717) is 0 Å². The molecule has 0 bridgehead atoms. The van der Waals surface area contributed by atoms with E-state index in [0.717, 1.165) is 20.7 Å². The lowest BCUT2D eigenvalue weighted by atomic mass is 10.3. The van der Waals surface area contributed by atoms with Gasteiger partial charge in [0, 0.05) is 15.5 Å². The van der Waals surface area contributed by atoms with Gasteiger partial charge in [-0.05, 0) is 18.4 Å². The number of hydrogen-bond donors (Lipinski definition) is 1. The van der Waals surface area contributed by atoms with E-state index in [1.807, 2.05) is 13.0 Å². The zero-order valence-electron chi connectivity index (χ0n) is 9.17. The predicted molar refractivity (Wildman–Crippen MR) is 72.1 cm³/mol. The number of rotatable bonds is 5. The largest absolute Gasteiger partial charge is 0.481 e. The molecular formula is C11H11NO2S3. The topological polar surface area (TPSA) is 50.2 Å². The molecule has 0 aliphatic rings. The molecule has 2 rings (SSSR count). The van der Waals surface area contributed by atoms with Crippen LogP contribution in [0.4, 0.5) is 0 Å². The maximum Gasteiger partial charge on any atom is 0.308 e. The first-order chi connectivity index (χ1) is 8.15. The number of aromatic nitrogens is 1. The Bertz CT molecular complexity index is 505. The van der Waals surface area contributed by atoms with Crippen molar-refractivity contribution in [2.24, 2.45) is 0 Å². The van der Waals surface area contributed by atoms with E-state index in [1.54, 1.807) is 23.1 Å². The highest BCUT2D eigenvalue weighted by molar-refractivity contribution is 8.00. The van der Waals surface area contributed by atoms with E-state index in [-0.39, 0.29) is 6.42 Å². The minimum atomic E-state index is -0.799. The molecule has 17 heavy (non-hydrogen) atoms. The second-order valence-corrected chi connectivity index (χ2v) is 6.77. The van der Waals surface area contributed by atoms with Crippen LogP contribution in [0.5, 0.6) is 0 Å². The van der Waals surface area contributed by atoms with Gasteiger partial charge in [-0.1, -0.05) is 17.8 Å². The maximum atomic E-state index is 10.6. The molecule has 0 saturated heterocycles. The van der Waals surface area contributed by atoms with Crippen molar-refractivity contribution in [3.8, 4) is 0 Å². The molecule has 2 aromatic rings. The molecule has 0 spiro atoms. The van der Waals surface area contributed by atoms with E-state index < -0.39 is 5.97 Å². The third kappa shape index (κ3) is 3.55. The molecule has 0 aliphatic heterocycles. The number of thioether (sulfide) groups is 1. The monoisotopic (exact) mass is 285 g/mol. The molecule has 0 unspecified atom stereocenters. The van der Waals surface area contributed by atoms with Gasteiger partial charge in [0.1, 0.15) is 0 Å². The lowest BCUT2D eigenvalue weighted by Gasteiger charge is -1.92. The molecule has 0 radical (unpaired) electrons. The van der Waals surface area contributed by atoms with Crippen LogP contribution < -0.4 is 0 Å². The van der Waals surface area contributed by atoms with Gasteiger partial charge in [0.05, 0.1) is 12.1 Å². The summed E-state index contributed by atoms with van der Waals surface area (Å²) >= 11 is 4.88. The zero-order valence-corrected chi connectivity index (χ0v) is 11.6. The number of thiophene rings is 1. The molecule has 0 amide bonds. The second-order valence-electron chi connectivity index (χ2n) is 3.43. The highest BCUT2D eigenvalue weighted by Crippen LogP contribution is 2.30. The molecular weight excluding hydrogens is 274 g/mol. The van der Waals surface area contributed by atoms with E-state index in [9.17, 15) is 4.79 Å². The van der Waals surface area contributed by atoms with Gasteiger partial charge in [-0.25, -0.2) is 4.98 Å². The quantitative estimate of drug-likeness (QED) is 0.855. The number of hydrogen-bond acceptors (Lipinski definition) is 5. The summed E-state index contributed by atoms with van der Waals surface area (Å²) in [4.78, 5) is 17.2. The highest BCUT2D eigenvalue weighted by Gasteiger charge is 2.11. The number of carboxylic acids is 1. The third-order valence-electron chi connectivity index (χ3n) is 2.10. The summed E-state index contributed by atoms with van der Waals surface area (Å²) in [7, 11) is 0. The summed E-state index contributed by atoms with van der Waals surface area (Å²) in [5, 5.41) is 10.8. The van der Waals surface area contributed by atoms with Crippen molar-refractivity contribution in [1.82, 2.24) is 4.98 Å². The Balaban J connectivity index is 1.99. The number of thiazole rings is 1. The Morgan fingerprint density at radius 3 is 3.06 bits per heavy atom. The number of nitrogens with zero attached hydrogens (tertiary/aromatic N) is 1. The smallest absolute Gasteiger partial charge is 0.308 e. The van der Waals surface area contributed by atoms with E-state index >= 15 is 0 Å². The SMILES string of the molecule is Cc1nc(SCc2cccs2)sc1CC(=O)O. The van der Waals surface area contributed by atoms with E-state index in [2.05, 4.69) is 16.4 Å². The van der Waals surface area contributed by atoms with Crippen LogP contribution in [0.25, 0.3) is 0 Å². The van der Waals surface area contributed by atoms with E-state index in [1.165, 1.54) is 16.2 Å². The van der Waals surface area contributed by atoms with Crippen molar-refractivity contribution in [2.75, 3.05) is 0 Å². The molecule has 3 nitrogen and oxygen atoms in total. The summed E-state index contributed by atoms with van der Waals surface area (Å²) in [6.45, 7) is 1.87. The van der Waals surface area contributed by atoms with Crippen molar-refractivity contribution in [3.63, 3.8) is 0 Å². The summed E-state index contributed by atoms with van der Waals surface area (Å²) in [6, 6.07) is 4.12. The van der Waals surface area contributed by atoms with Crippen molar-refractivity contribution in [1.29, 1.82) is 0 Å². The lowest BCUT2D eigenvalue weighted by molar-refractivity contribution is -0.136. The molecule has 1 N–H and O–H groups in total. The Hall–Kier alpha value is -0.850. The van der Waals surface area contributed by atoms with Crippen LogP contribution in [-0.4, -0.2) is 16.1 Å². The molecule has 6 heteroatoms. The Labute approximate surface area is 112 Å². The summed E-state index contributed by atoms with van der Waals surface area (Å²) in [5.41, 5.74) is 0.839. The fourth-order valence-electron chi connectivity index (χ4n) is 1.29. The van der Waals surface area contributed by atoms with Gasteiger partial charge >= 0.3 is 5.97 Å². The highest BCUT2D eigenvalue weighted by atomic mass is 32.2. The first-order valence-corrected chi connectivity index (χ1v) is 7.66. The Morgan fingerprint density at radius 1 is 1.59 bits per heavy atom. The normalized spacial score (nSPS) is 10.6. The molecule has 0 saturated carbocycles. The van der Waals surface area contributed by atoms with Gasteiger partial charge in [0.2, 0.25) is 0 Å². The standard InChI is InChI=1S/C11H11NO2S3/c1-7-9(5-10(13)14)17-11(12-7)16-6-8-3-2-4-15-8/h2-4H,5-6H2,1H3,(H,13,14). The zero-order chi connectivity index (χ0) is 12.3. The maximum absolute atomic E-state index is 10.6. The van der Waals surface area contributed by atoms with Gasteiger partial charge in [-0.2, -0.15) is 0 Å². The summed E-state index contributed by atoms with van der Waals surface area (Å²) in [5.74, 6) is 0.100. The van der Waals surface area contributed by atoms with Crippen LogP contribution in [0.2, 0.25) is 0 Å². The van der Waals surface area contributed by atoms with Gasteiger partial charge in [-0.3, -0.25) is 4.79 Å². The van der Waals surface area contributed by atoms with Crippen molar-refractivity contribution >= 4 is 40.4 Å². The average Bonchev–Trinajstić information content (AvgIpc) is 2.86. The predicted octanol–water partition coefficient (Wildman–Crippen LogP) is 3.43. The van der Waals surface area contributed by atoms with Crippen LogP contribution in [0.15, 0.2) is 21.9 Å². The van der Waals surface area contributed by atoms with Crippen LogP contribution in [-0.2, 0) is 17.0 Å². The summed E-state index contributed by atoms with van der Waals surface area (Å²) < 4.78 is 0.951. The minimum Gasteiger partial charge on any atom is -0.481 e. The second kappa shape index (κ2) is 5.66. The number of aliphatic carboxylic acids is 1. The van der Waals surface area contributed by atoms with Gasteiger partial charge in [-0.15, -0.1) is 22.7 Å². The van der Waals surface area contributed by atoms with Crippen molar-refractivity contribution in [3.05, 3.63) is 33.0 Å². The van der Waals surface area contributed by atoms with Crippen molar-refractivity contribution < 1.29 is 9.90 Å². The molecule has 0 fully saturated rings. The van der Waals surface area contributed by atoms with Gasteiger partial charge < -0.3 is 5.11 Å². The first kappa shape index (κ1) is 12.6. The van der Waals surface area contributed by atoms with Crippen LogP contribution in [0.3, 0.4) is 0 Å². The Kier molecular flexibility index (Phi) is 4.20. The molecule has 0 aromatic carbocycles. The number of aryl methyl sites for hydroxylation is 1. The number of carbonyl (C=O) groups is 1. The average molecular weight is 285 g/mol. The lowest BCUT2D eigenvalue weighted by Crippen LogP contribution is -1.99. The fraction of sp³-hybridized carbons (Fsp3) is 0.273. The summed E-state index contributed by atoms with van der Waals surface area (Å²) in [6.07, 6.45) is 0.0725. The number of carboxylic acid groups (broad SMARTS) is 1. The molecule has 0 aliphatic carbocycles. The van der Waals surface area contributed by atoms with Crippen LogP contribution >= 0.6 is 34.4 Å². The Morgan fingerprint density at radius 2 is 2.41 bits per heavy atom. The fourth-order valence-corrected chi connectivity index (χ4v) is 4.29. The molecule has 2 heterocycles. The van der Waals surface area contributed by atoms with Gasteiger partial charge in [0.25, 0.3) is 0 Å². The first-order valence-electron chi connectivity index (χ1n) is 4.98. The van der Waals surface area contributed by atoms with Gasteiger partial charge in [0.15, 0.2) is 4.34 Å². The third-order valence-corrected chi connectivity index (χ3v) is 5.51. The van der Waals surface area contributed by atoms with Crippen LogP contribution in [0, 0.1) is 6.92 Å². The van der Waals surface area contributed by atoms with Crippen LogP contribution in [0.1, 0.15) is 15.4 Å². The molecule has 0 atom stereocenters. The van der Waals surface area contributed by atoms with Crippen molar-refractivity contribution in [2.45, 2.75) is 23.4 Å². The molecule has 90 valence electrons.